The fraction of sp³-hybridized carbons (Fsp3) is 0.167. The smallest absolute Gasteiger partial charge is 0.123 e. The molecule has 0 atom stereocenters. The zero-order chi connectivity index (χ0) is 11.4. The van der Waals surface area contributed by atoms with Gasteiger partial charge in [0.2, 0.25) is 0 Å². The predicted molar refractivity (Wildman–Crippen MR) is 58.8 cm³/mol. The molecule has 0 aliphatic rings. The van der Waals surface area contributed by atoms with E-state index >= 15 is 0 Å². The van der Waals surface area contributed by atoms with Gasteiger partial charge in [-0.3, -0.25) is 0 Å². The van der Waals surface area contributed by atoms with Gasteiger partial charge in [0, 0.05) is 18.4 Å². The summed E-state index contributed by atoms with van der Waals surface area (Å²) in [6.45, 7) is 5.06. The van der Waals surface area contributed by atoms with E-state index in [2.05, 4.69) is 6.58 Å². The Hall–Kier alpha value is -1.64. The van der Waals surface area contributed by atoms with Gasteiger partial charge in [0.05, 0.1) is 5.83 Å². The van der Waals surface area contributed by atoms with Gasteiger partial charge in [-0.05, 0) is 37.3 Å². The van der Waals surface area contributed by atoms with Crippen molar-refractivity contribution in [3.8, 4) is 0 Å². The third-order valence-corrected chi connectivity index (χ3v) is 2.01. The lowest BCUT2D eigenvalue weighted by Gasteiger charge is -2.19. The van der Waals surface area contributed by atoms with Gasteiger partial charge in [0.25, 0.3) is 0 Å². The van der Waals surface area contributed by atoms with Crippen LogP contribution in [0.25, 0.3) is 0 Å². The third kappa shape index (κ3) is 3.20. The first-order valence-corrected chi connectivity index (χ1v) is 4.52. The Morgan fingerprint density at radius 3 is 2.33 bits per heavy atom. The number of rotatable bonds is 3. The van der Waals surface area contributed by atoms with Crippen LogP contribution in [-0.2, 0) is 0 Å². The Morgan fingerprint density at radius 1 is 1.33 bits per heavy atom. The summed E-state index contributed by atoms with van der Waals surface area (Å²) >= 11 is 0. The van der Waals surface area contributed by atoms with Crippen molar-refractivity contribution >= 4 is 5.69 Å². The molecule has 0 bridgehead atoms. The van der Waals surface area contributed by atoms with Crippen LogP contribution in [0.4, 0.5) is 14.5 Å². The van der Waals surface area contributed by atoms with E-state index in [0.717, 1.165) is 5.69 Å². The fourth-order valence-corrected chi connectivity index (χ4v) is 1.16. The predicted octanol–water partition coefficient (Wildman–Crippen LogP) is 3.65. The molecule has 0 saturated heterocycles. The quantitative estimate of drug-likeness (QED) is 0.687. The standard InChI is InChI=1S/C12H13F2N/c1-9(13)8-10(2)15(3)12-6-4-11(14)5-7-12/h4-8H,2H2,1,3H3/b9-8+. The van der Waals surface area contributed by atoms with Crippen LogP contribution in [0, 0.1) is 5.82 Å². The molecule has 0 amide bonds. The average molecular weight is 209 g/mol. The molecule has 0 aliphatic heterocycles. The first-order valence-electron chi connectivity index (χ1n) is 4.52. The van der Waals surface area contributed by atoms with Gasteiger partial charge in [-0.25, -0.2) is 8.78 Å². The molecule has 0 unspecified atom stereocenters. The van der Waals surface area contributed by atoms with Crippen molar-refractivity contribution in [1.82, 2.24) is 0 Å². The van der Waals surface area contributed by atoms with E-state index in [9.17, 15) is 8.78 Å². The van der Waals surface area contributed by atoms with E-state index in [1.807, 2.05) is 0 Å². The Labute approximate surface area is 88.3 Å². The van der Waals surface area contributed by atoms with Gasteiger partial charge in [-0.2, -0.15) is 0 Å². The van der Waals surface area contributed by atoms with Crippen LogP contribution in [0.2, 0.25) is 0 Å². The molecular formula is C12H13F2N. The Kier molecular flexibility index (Phi) is 3.61. The summed E-state index contributed by atoms with van der Waals surface area (Å²) in [5, 5.41) is 0. The number of halogens is 2. The van der Waals surface area contributed by atoms with Crippen molar-refractivity contribution in [1.29, 1.82) is 0 Å². The van der Waals surface area contributed by atoms with Crippen LogP contribution >= 0.6 is 0 Å². The second-order valence-electron chi connectivity index (χ2n) is 3.26. The molecule has 1 aromatic carbocycles. The number of likely N-dealkylation sites (N-methyl/N-ethyl adjacent to an activating group) is 1. The maximum Gasteiger partial charge on any atom is 0.123 e. The highest BCUT2D eigenvalue weighted by Gasteiger charge is 2.03. The SMILES string of the molecule is C=C(/C=C(\C)F)N(C)c1ccc(F)cc1. The van der Waals surface area contributed by atoms with Gasteiger partial charge in [0.15, 0.2) is 0 Å². The summed E-state index contributed by atoms with van der Waals surface area (Å²) in [5.41, 5.74) is 1.28. The molecule has 0 aromatic heterocycles. The number of hydrogen-bond acceptors (Lipinski definition) is 1. The molecule has 0 heterocycles. The van der Waals surface area contributed by atoms with Crippen molar-refractivity contribution < 1.29 is 8.78 Å². The van der Waals surface area contributed by atoms with Crippen molar-refractivity contribution in [2.45, 2.75) is 6.92 Å². The maximum atomic E-state index is 12.6. The first kappa shape index (κ1) is 11.4. The third-order valence-electron chi connectivity index (χ3n) is 2.01. The molecule has 1 aromatic rings. The monoisotopic (exact) mass is 209 g/mol. The van der Waals surface area contributed by atoms with Gasteiger partial charge in [-0.15, -0.1) is 0 Å². The summed E-state index contributed by atoms with van der Waals surface area (Å²) in [5.74, 6) is -0.607. The van der Waals surface area contributed by atoms with Crippen LogP contribution in [0.5, 0.6) is 0 Å². The van der Waals surface area contributed by atoms with Crippen molar-refractivity contribution in [3.63, 3.8) is 0 Å². The van der Waals surface area contributed by atoms with E-state index in [1.54, 1.807) is 24.1 Å². The average Bonchev–Trinajstić information content (AvgIpc) is 2.17. The minimum absolute atomic E-state index is 0.296. The number of nitrogens with zero attached hydrogens (tertiary/aromatic N) is 1. The van der Waals surface area contributed by atoms with Crippen LogP contribution in [0.3, 0.4) is 0 Å². The van der Waals surface area contributed by atoms with Crippen LogP contribution in [0.1, 0.15) is 6.92 Å². The Balaban J connectivity index is 2.85. The van der Waals surface area contributed by atoms with Crippen LogP contribution in [-0.4, -0.2) is 7.05 Å². The number of allylic oxidation sites excluding steroid dienone is 2. The minimum Gasteiger partial charge on any atom is -0.345 e. The molecule has 0 saturated carbocycles. The molecule has 1 nitrogen and oxygen atoms in total. The van der Waals surface area contributed by atoms with E-state index < -0.39 is 0 Å². The van der Waals surface area contributed by atoms with Crippen molar-refractivity contribution in [3.05, 3.63) is 54.3 Å². The van der Waals surface area contributed by atoms with E-state index in [0.29, 0.717) is 5.70 Å². The summed E-state index contributed by atoms with van der Waals surface area (Å²) < 4.78 is 25.3. The highest BCUT2D eigenvalue weighted by Crippen LogP contribution is 2.18. The van der Waals surface area contributed by atoms with E-state index in [1.165, 1.54) is 25.1 Å². The zero-order valence-corrected chi connectivity index (χ0v) is 8.80. The largest absolute Gasteiger partial charge is 0.345 e. The molecular weight excluding hydrogens is 196 g/mol. The van der Waals surface area contributed by atoms with E-state index in [-0.39, 0.29) is 11.6 Å². The van der Waals surface area contributed by atoms with Gasteiger partial charge < -0.3 is 4.90 Å². The van der Waals surface area contributed by atoms with E-state index in [4.69, 9.17) is 0 Å². The second-order valence-corrected chi connectivity index (χ2v) is 3.26. The maximum absolute atomic E-state index is 12.6. The molecule has 0 fully saturated rings. The highest BCUT2D eigenvalue weighted by atomic mass is 19.1. The Morgan fingerprint density at radius 2 is 1.87 bits per heavy atom. The van der Waals surface area contributed by atoms with Crippen molar-refractivity contribution in [2.24, 2.45) is 0 Å². The fourth-order valence-electron chi connectivity index (χ4n) is 1.16. The second kappa shape index (κ2) is 4.73. The number of anilines is 1. The first-order chi connectivity index (χ1) is 7.00. The molecule has 1 rings (SSSR count). The zero-order valence-electron chi connectivity index (χ0n) is 8.80. The molecule has 15 heavy (non-hydrogen) atoms. The molecule has 3 heteroatoms. The number of benzene rings is 1. The summed E-state index contributed by atoms with van der Waals surface area (Å²) in [4.78, 5) is 1.68. The Bertz CT molecular complexity index is 375. The summed E-state index contributed by atoms with van der Waals surface area (Å²) in [6, 6.07) is 5.93. The van der Waals surface area contributed by atoms with Crippen LogP contribution < -0.4 is 4.90 Å². The van der Waals surface area contributed by atoms with Gasteiger partial charge in [-0.1, -0.05) is 6.58 Å². The topological polar surface area (TPSA) is 3.24 Å². The lowest BCUT2D eigenvalue weighted by atomic mass is 10.2. The lowest BCUT2D eigenvalue weighted by molar-refractivity contribution is 0.627. The normalized spacial score (nSPS) is 11.3. The lowest BCUT2D eigenvalue weighted by Crippen LogP contribution is -2.13. The summed E-state index contributed by atoms with van der Waals surface area (Å²) in [6.07, 6.45) is 1.32. The highest BCUT2D eigenvalue weighted by molar-refractivity contribution is 5.52. The van der Waals surface area contributed by atoms with Gasteiger partial charge in [0.1, 0.15) is 5.82 Å². The molecule has 0 spiro atoms. The van der Waals surface area contributed by atoms with Gasteiger partial charge >= 0.3 is 0 Å². The molecule has 0 radical (unpaired) electrons. The van der Waals surface area contributed by atoms with Crippen molar-refractivity contribution in [2.75, 3.05) is 11.9 Å². The number of hydrogen-bond donors (Lipinski definition) is 0. The molecule has 80 valence electrons. The minimum atomic E-state index is -0.311. The molecule has 0 aliphatic carbocycles. The van der Waals surface area contributed by atoms with Crippen LogP contribution in [0.15, 0.2) is 48.4 Å². The molecule has 0 N–H and O–H groups in total. The summed E-state index contributed by atoms with van der Waals surface area (Å²) in [7, 11) is 1.75.